The lowest BCUT2D eigenvalue weighted by molar-refractivity contribution is 0.476. The Kier molecular flexibility index (Phi) is 1.08. The fraction of sp³-hybridized carbons (Fsp3) is 0.750. The van der Waals surface area contributed by atoms with E-state index in [0.717, 1.165) is 13.1 Å². The van der Waals surface area contributed by atoms with Gasteiger partial charge in [-0.15, -0.1) is 0 Å². The summed E-state index contributed by atoms with van der Waals surface area (Å²) in [5.41, 5.74) is 0. The molecule has 0 amide bonds. The van der Waals surface area contributed by atoms with Crippen molar-refractivity contribution in [2.75, 3.05) is 20.1 Å². The van der Waals surface area contributed by atoms with Gasteiger partial charge in [-0.25, -0.2) is 0 Å². The van der Waals surface area contributed by atoms with Crippen molar-refractivity contribution in [1.29, 1.82) is 0 Å². The Morgan fingerprint density at radius 3 is 2.83 bits per heavy atom. The molecule has 1 saturated heterocycles. The predicted molar refractivity (Wildman–Crippen MR) is 23.9 cm³/mol. The molecule has 0 bridgehead atoms. The zero-order valence-electron chi connectivity index (χ0n) is 3.86. The molecule has 34 valence electrons. The maximum absolute atomic E-state index is 2.95. The Bertz CT molecular complexity index is 38.8. The van der Waals surface area contributed by atoms with Gasteiger partial charge in [0.15, 0.2) is 0 Å². The van der Waals surface area contributed by atoms with Gasteiger partial charge in [-0.2, -0.15) is 0 Å². The second-order valence-corrected chi connectivity index (χ2v) is 1.46. The molecule has 2 nitrogen and oxygen atoms in total. The summed E-state index contributed by atoms with van der Waals surface area (Å²) in [6.07, 6.45) is 0. The molecule has 0 aromatic carbocycles. The Labute approximate surface area is 38.1 Å². The van der Waals surface area contributed by atoms with Crippen LogP contribution in [-0.4, -0.2) is 25.0 Å². The first-order chi connectivity index (χ1) is 2.89. The molecule has 0 saturated carbocycles. The SMILES string of the molecule is CN1[C]NCC1. The zero-order chi connectivity index (χ0) is 4.41. The molecule has 1 fully saturated rings. The minimum atomic E-state index is 1.05. The lowest BCUT2D eigenvalue weighted by Crippen LogP contribution is -2.08. The molecule has 0 unspecified atom stereocenters. The summed E-state index contributed by atoms with van der Waals surface area (Å²) < 4.78 is 0. The van der Waals surface area contributed by atoms with Crippen LogP contribution in [0.15, 0.2) is 0 Å². The molecule has 0 atom stereocenters. The Hall–Kier alpha value is -0.0800. The summed E-state index contributed by atoms with van der Waals surface area (Å²) in [6.45, 7) is 5.05. The minimum absolute atomic E-state index is 1.05. The van der Waals surface area contributed by atoms with Crippen molar-refractivity contribution >= 4 is 0 Å². The monoisotopic (exact) mass is 84.1 g/mol. The van der Waals surface area contributed by atoms with Crippen LogP contribution in [0, 0.1) is 6.67 Å². The third-order valence-corrected chi connectivity index (χ3v) is 0.842. The van der Waals surface area contributed by atoms with Gasteiger partial charge in [0, 0.05) is 13.1 Å². The van der Waals surface area contributed by atoms with E-state index in [4.69, 9.17) is 0 Å². The molecule has 2 radical (unpaired) electrons. The first-order valence-electron chi connectivity index (χ1n) is 2.09. The van der Waals surface area contributed by atoms with Crippen LogP contribution in [-0.2, 0) is 0 Å². The third-order valence-electron chi connectivity index (χ3n) is 0.842. The van der Waals surface area contributed by atoms with Crippen LogP contribution in [0.3, 0.4) is 0 Å². The molecule has 0 aliphatic carbocycles. The highest BCUT2D eigenvalue weighted by Gasteiger charge is 2.03. The predicted octanol–water partition coefficient (Wildman–Crippen LogP) is -0.482. The average molecular weight is 84.1 g/mol. The van der Waals surface area contributed by atoms with Crippen molar-refractivity contribution in [3.8, 4) is 0 Å². The molecule has 0 aromatic rings. The second-order valence-electron chi connectivity index (χ2n) is 1.46. The number of nitrogens with zero attached hydrogens (tertiary/aromatic N) is 1. The minimum Gasteiger partial charge on any atom is -0.292 e. The van der Waals surface area contributed by atoms with Crippen molar-refractivity contribution in [3.05, 3.63) is 6.67 Å². The van der Waals surface area contributed by atoms with E-state index in [-0.39, 0.29) is 0 Å². The van der Waals surface area contributed by atoms with Gasteiger partial charge in [-0.3, -0.25) is 10.2 Å². The van der Waals surface area contributed by atoms with Gasteiger partial charge < -0.3 is 0 Å². The normalized spacial score (nSPS) is 25.5. The van der Waals surface area contributed by atoms with Crippen LogP contribution in [0.1, 0.15) is 0 Å². The maximum Gasteiger partial charge on any atom is 0.143 e. The molecule has 2 heteroatoms. The van der Waals surface area contributed by atoms with E-state index >= 15 is 0 Å². The van der Waals surface area contributed by atoms with Gasteiger partial charge >= 0.3 is 0 Å². The van der Waals surface area contributed by atoms with E-state index in [1.807, 2.05) is 11.9 Å². The van der Waals surface area contributed by atoms with Gasteiger partial charge in [-0.1, -0.05) is 0 Å². The van der Waals surface area contributed by atoms with Crippen LogP contribution in [0.2, 0.25) is 0 Å². The Balaban J connectivity index is 2.18. The highest BCUT2D eigenvalue weighted by molar-refractivity contribution is 4.70. The number of nitrogens with one attached hydrogen (secondary N) is 1. The molecule has 0 spiro atoms. The Morgan fingerprint density at radius 2 is 2.67 bits per heavy atom. The highest BCUT2D eigenvalue weighted by atomic mass is 15.3. The fourth-order valence-electron chi connectivity index (χ4n) is 0.470. The summed E-state index contributed by atoms with van der Waals surface area (Å²) in [4.78, 5) is 2.00. The first kappa shape index (κ1) is 4.09. The topological polar surface area (TPSA) is 15.3 Å². The van der Waals surface area contributed by atoms with Crippen LogP contribution >= 0.6 is 0 Å². The van der Waals surface area contributed by atoms with Crippen molar-refractivity contribution in [2.45, 2.75) is 0 Å². The fourth-order valence-corrected chi connectivity index (χ4v) is 0.470. The Morgan fingerprint density at radius 1 is 1.83 bits per heavy atom. The quantitative estimate of drug-likeness (QED) is 0.426. The second kappa shape index (κ2) is 1.58. The van der Waals surface area contributed by atoms with E-state index in [1.165, 1.54) is 0 Å². The van der Waals surface area contributed by atoms with E-state index in [2.05, 4.69) is 12.0 Å². The number of likely N-dealkylation sites (N-methyl/N-ethyl adjacent to an activating group) is 1. The van der Waals surface area contributed by atoms with Crippen LogP contribution in [0.4, 0.5) is 0 Å². The molecule has 1 N–H and O–H groups in total. The van der Waals surface area contributed by atoms with E-state index in [0.29, 0.717) is 0 Å². The summed E-state index contributed by atoms with van der Waals surface area (Å²) in [7, 11) is 2.00. The molecular weight excluding hydrogens is 76.1 g/mol. The van der Waals surface area contributed by atoms with Gasteiger partial charge in [0.2, 0.25) is 0 Å². The highest BCUT2D eigenvalue weighted by Crippen LogP contribution is 1.88. The smallest absolute Gasteiger partial charge is 0.143 e. The largest absolute Gasteiger partial charge is 0.292 e. The third kappa shape index (κ3) is 0.698. The van der Waals surface area contributed by atoms with E-state index < -0.39 is 0 Å². The molecule has 1 rings (SSSR count). The maximum atomic E-state index is 2.95. The summed E-state index contributed by atoms with van der Waals surface area (Å²) in [5.74, 6) is 0. The molecule has 1 aliphatic heterocycles. The van der Waals surface area contributed by atoms with E-state index in [1.54, 1.807) is 0 Å². The summed E-state index contributed by atoms with van der Waals surface area (Å²) in [6, 6.07) is 0. The molecule has 0 aromatic heterocycles. The first-order valence-corrected chi connectivity index (χ1v) is 2.09. The van der Waals surface area contributed by atoms with Crippen LogP contribution < -0.4 is 5.32 Å². The van der Waals surface area contributed by atoms with Crippen molar-refractivity contribution in [2.24, 2.45) is 0 Å². The lowest BCUT2D eigenvalue weighted by atomic mass is 10.7. The summed E-state index contributed by atoms with van der Waals surface area (Å²) in [5, 5.41) is 2.95. The van der Waals surface area contributed by atoms with Crippen molar-refractivity contribution in [1.82, 2.24) is 10.2 Å². The van der Waals surface area contributed by atoms with Crippen molar-refractivity contribution in [3.63, 3.8) is 0 Å². The van der Waals surface area contributed by atoms with Gasteiger partial charge in [0.05, 0.1) is 0 Å². The standard InChI is InChI=1S/C4H8N2/c1-6-3-2-5-4-6/h5H,2-3H2,1H3. The summed E-state index contributed by atoms with van der Waals surface area (Å²) >= 11 is 0. The van der Waals surface area contributed by atoms with E-state index in [9.17, 15) is 0 Å². The molecular formula is C4H8N2. The number of hydrogen-bond donors (Lipinski definition) is 1. The van der Waals surface area contributed by atoms with Crippen LogP contribution in [0.5, 0.6) is 0 Å². The van der Waals surface area contributed by atoms with Crippen molar-refractivity contribution < 1.29 is 0 Å². The molecule has 1 heterocycles. The van der Waals surface area contributed by atoms with Gasteiger partial charge in [0.1, 0.15) is 6.67 Å². The van der Waals surface area contributed by atoms with Gasteiger partial charge in [-0.05, 0) is 7.05 Å². The van der Waals surface area contributed by atoms with Crippen LogP contribution in [0.25, 0.3) is 0 Å². The molecule has 1 aliphatic rings. The molecule has 6 heavy (non-hydrogen) atoms. The average Bonchev–Trinajstić information content (AvgIpc) is 1.86. The van der Waals surface area contributed by atoms with Gasteiger partial charge in [0.25, 0.3) is 0 Å². The lowest BCUT2D eigenvalue weighted by Gasteiger charge is -1.97. The number of hydrogen-bond acceptors (Lipinski definition) is 2. The number of rotatable bonds is 0. The zero-order valence-corrected chi connectivity index (χ0v) is 3.86.